The van der Waals surface area contributed by atoms with E-state index in [0.29, 0.717) is 5.82 Å². The molecule has 0 saturated carbocycles. The summed E-state index contributed by atoms with van der Waals surface area (Å²) in [6.07, 6.45) is 1.86. The Morgan fingerprint density at radius 3 is 2.35 bits per heavy atom. The maximum Gasteiger partial charge on any atom is 0.141 e. The Kier molecular flexibility index (Phi) is 4.23. The van der Waals surface area contributed by atoms with Crippen LogP contribution in [0.1, 0.15) is 30.3 Å². The molecule has 4 nitrogen and oxygen atoms in total. The van der Waals surface area contributed by atoms with Crippen LogP contribution in [0.4, 0.5) is 17.3 Å². The van der Waals surface area contributed by atoms with Gasteiger partial charge in [0.2, 0.25) is 0 Å². The Bertz CT molecular complexity index is 590. The van der Waals surface area contributed by atoms with Crippen molar-refractivity contribution < 1.29 is 0 Å². The topological polar surface area (TPSA) is 55.0 Å². The van der Waals surface area contributed by atoms with E-state index in [1.165, 1.54) is 5.56 Å². The molecule has 0 fully saturated rings. The summed E-state index contributed by atoms with van der Waals surface area (Å²) in [4.78, 5) is 11.1. The first-order valence-corrected chi connectivity index (χ1v) is 6.96. The largest absolute Gasteiger partial charge is 0.383 e. The van der Waals surface area contributed by atoms with Crippen LogP contribution in [-0.2, 0) is 6.42 Å². The molecule has 1 aromatic heterocycles. The third-order valence-corrected chi connectivity index (χ3v) is 3.42. The highest BCUT2D eigenvalue weighted by molar-refractivity contribution is 5.66. The van der Waals surface area contributed by atoms with Crippen LogP contribution in [-0.4, -0.2) is 17.0 Å². The molecule has 2 aromatic rings. The lowest BCUT2D eigenvalue weighted by molar-refractivity contribution is 0.830. The Balaban J connectivity index is 2.42. The van der Waals surface area contributed by atoms with Gasteiger partial charge in [-0.15, -0.1) is 0 Å². The predicted molar refractivity (Wildman–Crippen MR) is 84.4 cm³/mol. The number of hydrogen-bond acceptors (Lipinski definition) is 4. The molecule has 0 spiro atoms. The molecule has 0 saturated heterocycles. The van der Waals surface area contributed by atoms with Gasteiger partial charge in [-0.05, 0) is 32.4 Å². The van der Waals surface area contributed by atoms with Gasteiger partial charge in [0.15, 0.2) is 0 Å². The third-order valence-electron chi connectivity index (χ3n) is 3.42. The van der Waals surface area contributed by atoms with Crippen molar-refractivity contribution in [3.05, 3.63) is 41.2 Å². The summed E-state index contributed by atoms with van der Waals surface area (Å²) in [6, 6.07) is 8.37. The monoisotopic (exact) mass is 270 g/mol. The molecule has 2 N–H and O–H groups in total. The maximum atomic E-state index is 6.01. The van der Waals surface area contributed by atoms with Gasteiger partial charge in [-0.1, -0.05) is 24.6 Å². The first-order chi connectivity index (χ1) is 9.52. The number of aryl methyl sites for hydroxylation is 2. The Labute approximate surface area is 120 Å². The van der Waals surface area contributed by atoms with Crippen molar-refractivity contribution in [3.8, 4) is 0 Å². The number of nitrogens with zero attached hydrogens (tertiary/aromatic N) is 3. The standard InChI is InChI=1S/C16H22N4/c1-5-6-14-18-15(17)12(3)16(19-14)20(4)13-9-7-11(2)8-10-13/h7-10H,5-6H2,1-4H3,(H2,17,18,19). The summed E-state index contributed by atoms with van der Waals surface area (Å²) in [5.74, 6) is 2.26. The summed E-state index contributed by atoms with van der Waals surface area (Å²) < 4.78 is 0. The van der Waals surface area contributed by atoms with Crippen molar-refractivity contribution in [1.29, 1.82) is 0 Å². The molecule has 0 aliphatic rings. The molecule has 20 heavy (non-hydrogen) atoms. The molecule has 106 valence electrons. The van der Waals surface area contributed by atoms with Gasteiger partial charge in [-0.2, -0.15) is 0 Å². The normalized spacial score (nSPS) is 10.6. The van der Waals surface area contributed by atoms with Crippen molar-refractivity contribution in [2.24, 2.45) is 0 Å². The van der Waals surface area contributed by atoms with Crippen molar-refractivity contribution >= 4 is 17.3 Å². The molecule has 0 bridgehead atoms. The molecule has 0 aliphatic carbocycles. The summed E-state index contributed by atoms with van der Waals surface area (Å²) in [7, 11) is 2.01. The van der Waals surface area contributed by atoms with E-state index in [0.717, 1.165) is 35.7 Å². The number of hydrogen-bond donors (Lipinski definition) is 1. The molecule has 1 aromatic carbocycles. The predicted octanol–water partition coefficient (Wildman–Crippen LogP) is 3.40. The number of rotatable bonds is 4. The van der Waals surface area contributed by atoms with Crippen LogP contribution in [0.15, 0.2) is 24.3 Å². The molecule has 0 unspecified atom stereocenters. The number of benzene rings is 1. The molecule has 1 heterocycles. The molecular weight excluding hydrogens is 248 g/mol. The first-order valence-electron chi connectivity index (χ1n) is 6.96. The van der Waals surface area contributed by atoms with Crippen molar-refractivity contribution in [2.45, 2.75) is 33.6 Å². The number of aromatic nitrogens is 2. The molecular formula is C16H22N4. The van der Waals surface area contributed by atoms with Crippen molar-refractivity contribution in [3.63, 3.8) is 0 Å². The molecule has 4 heteroatoms. The van der Waals surface area contributed by atoms with Crippen LogP contribution < -0.4 is 10.6 Å². The van der Waals surface area contributed by atoms with Crippen LogP contribution in [0.2, 0.25) is 0 Å². The van der Waals surface area contributed by atoms with Crippen molar-refractivity contribution in [1.82, 2.24) is 9.97 Å². The second-order valence-corrected chi connectivity index (χ2v) is 5.12. The third kappa shape index (κ3) is 2.90. The van der Waals surface area contributed by atoms with E-state index in [-0.39, 0.29) is 0 Å². The zero-order valence-corrected chi connectivity index (χ0v) is 12.6. The second kappa shape index (κ2) is 5.90. The van der Waals surface area contributed by atoms with E-state index in [1.54, 1.807) is 0 Å². The minimum atomic E-state index is 0.567. The fraction of sp³-hybridized carbons (Fsp3) is 0.375. The zero-order valence-electron chi connectivity index (χ0n) is 12.6. The Hall–Kier alpha value is -2.10. The fourth-order valence-electron chi connectivity index (χ4n) is 2.12. The highest BCUT2D eigenvalue weighted by Crippen LogP contribution is 2.27. The van der Waals surface area contributed by atoms with E-state index >= 15 is 0 Å². The van der Waals surface area contributed by atoms with Crippen LogP contribution in [0, 0.1) is 13.8 Å². The van der Waals surface area contributed by atoms with E-state index in [2.05, 4.69) is 53.0 Å². The Morgan fingerprint density at radius 2 is 1.75 bits per heavy atom. The maximum absolute atomic E-state index is 6.01. The number of nitrogen functional groups attached to an aromatic ring is 1. The SMILES string of the molecule is CCCc1nc(N)c(C)c(N(C)c2ccc(C)cc2)n1. The first kappa shape index (κ1) is 14.3. The van der Waals surface area contributed by atoms with Gasteiger partial charge >= 0.3 is 0 Å². The molecule has 0 atom stereocenters. The van der Waals surface area contributed by atoms with Crippen LogP contribution in [0.25, 0.3) is 0 Å². The lowest BCUT2D eigenvalue weighted by Crippen LogP contribution is -2.16. The molecule has 0 amide bonds. The summed E-state index contributed by atoms with van der Waals surface area (Å²) in [5.41, 5.74) is 9.28. The summed E-state index contributed by atoms with van der Waals surface area (Å²) in [6.45, 7) is 6.16. The van der Waals surface area contributed by atoms with Crippen LogP contribution >= 0.6 is 0 Å². The molecule has 0 radical (unpaired) electrons. The lowest BCUT2D eigenvalue weighted by atomic mass is 10.2. The van der Waals surface area contributed by atoms with Gasteiger partial charge in [0, 0.05) is 24.7 Å². The number of nitrogens with two attached hydrogens (primary N) is 1. The zero-order chi connectivity index (χ0) is 14.7. The summed E-state index contributed by atoms with van der Waals surface area (Å²) >= 11 is 0. The average Bonchev–Trinajstić information content (AvgIpc) is 2.43. The van der Waals surface area contributed by atoms with Gasteiger partial charge in [0.1, 0.15) is 17.5 Å². The number of anilines is 3. The highest BCUT2D eigenvalue weighted by Gasteiger charge is 2.13. The molecule has 2 rings (SSSR count). The quantitative estimate of drug-likeness (QED) is 0.925. The minimum absolute atomic E-state index is 0.567. The highest BCUT2D eigenvalue weighted by atomic mass is 15.2. The second-order valence-electron chi connectivity index (χ2n) is 5.12. The van der Waals surface area contributed by atoms with E-state index in [4.69, 9.17) is 5.73 Å². The van der Waals surface area contributed by atoms with Gasteiger partial charge in [-0.25, -0.2) is 9.97 Å². The van der Waals surface area contributed by atoms with Gasteiger partial charge in [0.05, 0.1) is 0 Å². The van der Waals surface area contributed by atoms with Gasteiger partial charge < -0.3 is 10.6 Å². The lowest BCUT2D eigenvalue weighted by Gasteiger charge is -2.21. The van der Waals surface area contributed by atoms with E-state index < -0.39 is 0 Å². The van der Waals surface area contributed by atoms with E-state index in [1.807, 2.05) is 14.0 Å². The average molecular weight is 270 g/mol. The van der Waals surface area contributed by atoms with Crippen LogP contribution in [0.3, 0.4) is 0 Å². The van der Waals surface area contributed by atoms with Crippen molar-refractivity contribution in [2.75, 3.05) is 17.7 Å². The van der Waals surface area contributed by atoms with Gasteiger partial charge in [-0.3, -0.25) is 0 Å². The van der Waals surface area contributed by atoms with Crippen LogP contribution in [0.5, 0.6) is 0 Å². The minimum Gasteiger partial charge on any atom is -0.383 e. The Morgan fingerprint density at radius 1 is 1.10 bits per heavy atom. The smallest absolute Gasteiger partial charge is 0.141 e. The van der Waals surface area contributed by atoms with Gasteiger partial charge in [0.25, 0.3) is 0 Å². The van der Waals surface area contributed by atoms with E-state index in [9.17, 15) is 0 Å². The fourth-order valence-corrected chi connectivity index (χ4v) is 2.12. The molecule has 0 aliphatic heterocycles. The summed E-state index contributed by atoms with van der Waals surface area (Å²) in [5, 5.41) is 0.